The Kier molecular flexibility index (Phi) is 5.46. The third kappa shape index (κ3) is 3.98. The molecule has 20 heavy (non-hydrogen) atoms. The van der Waals surface area contributed by atoms with Crippen LogP contribution in [0.4, 0.5) is 0 Å². The van der Waals surface area contributed by atoms with Crippen LogP contribution in [0, 0.1) is 6.92 Å². The van der Waals surface area contributed by atoms with Crippen molar-refractivity contribution in [3.8, 4) is 0 Å². The van der Waals surface area contributed by atoms with Crippen molar-refractivity contribution in [2.75, 3.05) is 6.54 Å². The molecule has 3 nitrogen and oxygen atoms in total. The van der Waals surface area contributed by atoms with E-state index in [0.717, 1.165) is 42.3 Å². The fraction of sp³-hybridized carbons (Fsp3) is 0.400. The normalized spacial score (nSPS) is 11.0. The summed E-state index contributed by atoms with van der Waals surface area (Å²) in [6.45, 7) is 6.70. The predicted molar refractivity (Wildman–Crippen MR) is 84.5 cm³/mol. The third-order valence-corrected chi connectivity index (χ3v) is 3.76. The molecule has 0 aliphatic heterocycles. The summed E-state index contributed by atoms with van der Waals surface area (Å²) in [6, 6.07) is 7.75. The Morgan fingerprint density at radius 3 is 2.75 bits per heavy atom. The molecule has 1 heterocycles. The molecular formula is C15H19Cl2N3. The van der Waals surface area contributed by atoms with Gasteiger partial charge in [0.15, 0.2) is 0 Å². The first-order valence-corrected chi connectivity index (χ1v) is 7.53. The lowest BCUT2D eigenvalue weighted by Gasteiger charge is -2.08. The van der Waals surface area contributed by atoms with E-state index < -0.39 is 0 Å². The van der Waals surface area contributed by atoms with Crippen molar-refractivity contribution in [1.29, 1.82) is 0 Å². The van der Waals surface area contributed by atoms with Gasteiger partial charge in [0.1, 0.15) is 0 Å². The van der Waals surface area contributed by atoms with Crippen LogP contribution in [0.5, 0.6) is 0 Å². The van der Waals surface area contributed by atoms with Gasteiger partial charge in [0.2, 0.25) is 0 Å². The quantitative estimate of drug-likeness (QED) is 0.821. The van der Waals surface area contributed by atoms with E-state index in [0.29, 0.717) is 5.02 Å². The highest BCUT2D eigenvalue weighted by Gasteiger charge is 2.04. The van der Waals surface area contributed by atoms with Gasteiger partial charge in [0.25, 0.3) is 0 Å². The Morgan fingerprint density at radius 1 is 1.25 bits per heavy atom. The molecule has 5 heteroatoms. The maximum absolute atomic E-state index is 6.15. The maximum Gasteiger partial charge on any atom is 0.0597 e. The lowest BCUT2D eigenvalue weighted by molar-refractivity contribution is 0.580. The van der Waals surface area contributed by atoms with Crippen molar-refractivity contribution >= 4 is 23.2 Å². The molecule has 0 saturated carbocycles. The summed E-state index contributed by atoms with van der Waals surface area (Å²) in [7, 11) is 0. The van der Waals surface area contributed by atoms with Gasteiger partial charge in [-0.05, 0) is 50.6 Å². The third-order valence-electron chi connectivity index (χ3n) is 3.18. The fourth-order valence-corrected chi connectivity index (χ4v) is 2.68. The summed E-state index contributed by atoms with van der Waals surface area (Å²) in [4.78, 5) is 0. The van der Waals surface area contributed by atoms with E-state index in [-0.39, 0.29) is 0 Å². The Hall–Kier alpha value is -1.03. The Labute approximate surface area is 129 Å². The second-order valence-electron chi connectivity index (χ2n) is 4.76. The number of hydrogen-bond donors (Lipinski definition) is 1. The molecular weight excluding hydrogens is 293 g/mol. The van der Waals surface area contributed by atoms with Gasteiger partial charge in [-0.2, -0.15) is 5.10 Å². The van der Waals surface area contributed by atoms with Crippen LogP contribution in [0.15, 0.2) is 24.3 Å². The molecule has 0 aliphatic carbocycles. The van der Waals surface area contributed by atoms with Gasteiger partial charge in [-0.15, -0.1) is 0 Å². The first-order chi connectivity index (χ1) is 9.60. The number of benzene rings is 1. The van der Waals surface area contributed by atoms with Crippen LogP contribution in [0.3, 0.4) is 0 Å². The summed E-state index contributed by atoms with van der Waals surface area (Å²) in [5.41, 5.74) is 3.39. The molecule has 1 N–H and O–H groups in total. The van der Waals surface area contributed by atoms with E-state index >= 15 is 0 Å². The molecule has 0 radical (unpaired) electrons. The Morgan fingerprint density at radius 2 is 2.05 bits per heavy atom. The van der Waals surface area contributed by atoms with E-state index in [1.807, 2.05) is 23.7 Å². The molecule has 1 aromatic heterocycles. The standard InChI is InChI=1S/C15H19Cl2N3/c1-3-20-14(8-11(2)19-20)10-18-7-6-12-4-5-13(16)9-15(12)17/h4-5,8-9,18H,3,6-7,10H2,1-2H3. The highest BCUT2D eigenvalue weighted by Crippen LogP contribution is 2.21. The monoisotopic (exact) mass is 311 g/mol. The smallest absolute Gasteiger partial charge is 0.0597 e. The van der Waals surface area contributed by atoms with Crippen LogP contribution in [0.2, 0.25) is 10.0 Å². The number of aromatic nitrogens is 2. The van der Waals surface area contributed by atoms with Gasteiger partial charge in [0, 0.05) is 23.1 Å². The topological polar surface area (TPSA) is 29.9 Å². The average Bonchev–Trinajstić information content (AvgIpc) is 2.77. The summed E-state index contributed by atoms with van der Waals surface area (Å²) >= 11 is 12.0. The summed E-state index contributed by atoms with van der Waals surface area (Å²) in [6.07, 6.45) is 0.884. The molecule has 108 valence electrons. The molecule has 0 saturated heterocycles. The van der Waals surface area contributed by atoms with E-state index in [1.54, 1.807) is 6.07 Å². The van der Waals surface area contributed by atoms with E-state index in [2.05, 4.69) is 23.4 Å². The van der Waals surface area contributed by atoms with Gasteiger partial charge < -0.3 is 5.32 Å². The summed E-state index contributed by atoms with van der Waals surface area (Å²) in [5.74, 6) is 0. The summed E-state index contributed by atoms with van der Waals surface area (Å²) < 4.78 is 2.03. The molecule has 0 spiro atoms. The number of hydrogen-bond acceptors (Lipinski definition) is 2. The largest absolute Gasteiger partial charge is 0.311 e. The first kappa shape index (κ1) is 15.4. The van der Waals surface area contributed by atoms with Crippen LogP contribution in [0.25, 0.3) is 0 Å². The van der Waals surface area contributed by atoms with Crippen molar-refractivity contribution in [1.82, 2.24) is 15.1 Å². The highest BCUT2D eigenvalue weighted by atomic mass is 35.5. The molecule has 2 rings (SSSR count). The zero-order valence-corrected chi connectivity index (χ0v) is 13.3. The fourth-order valence-electron chi connectivity index (χ4n) is 2.18. The van der Waals surface area contributed by atoms with Crippen molar-refractivity contribution in [3.05, 3.63) is 51.3 Å². The van der Waals surface area contributed by atoms with Gasteiger partial charge in [-0.3, -0.25) is 4.68 Å². The SMILES string of the molecule is CCn1nc(C)cc1CNCCc1ccc(Cl)cc1Cl. The van der Waals surface area contributed by atoms with E-state index in [1.165, 1.54) is 5.69 Å². The van der Waals surface area contributed by atoms with Crippen molar-refractivity contribution in [2.45, 2.75) is 33.4 Å². The van der Waals surface area contributed by atoms with Crippen LogP contribution < -0.4 is 5.32 Å². The predicted octanol–water partition coefficient (Wildman–Crippen LogP) is 3.85. The summed E-state index contributed by atoms with van der Waals surface area (Å²) in [5, 5.41) is 9.26. The first-order valence-electron chi connectivity index (χ1n) is 6.78. The molecule has 0 aliphatic rings. The van der Waals surface area contributed by atoms with Crippen LogP contribution in [-0.4, -0.2) is 16.3 Å². The molecule has 0 fully saturated rings. The zero-order chi connectivity index (χ0) is 14.5. The number of halogens is 2. The van der Waals surface area contributed by atoms with Gasteiger partial charge in [-0.25, -0.2) is 0 Å². The van der Waals surface area contributed by atoms with Gasteiger partial charge >= 0.3 is 0 Å². The molecule has 0 amide bonds. The highest BCUT2D eigenvalue weighted by molar-refractivity contribution is 6.35. The Balaban J connectivity index is 1.84. The molecule has 2 aromatic rings. The number of nitrogens with zero attached hydrogens (tertiary/aromatic N) is 2. The Bertz CT molecular complexity index is 578. The average molecular weight is 312 g/mol. The lowest BCUT2D eigenvalue weighted by Crippen LogP contribution is -2.19. The minimum Gasteiger partial charge on any atom is -0.311 e. The van der Waals surface area contributed by atoms with Crippen molar-refractivity contribution in [2.24, 2.45) is 0 Å². The molecule has 0 unspecified atom stereocenters. The zero-order valence-electron chi connectivity index (χ0n) is 11.8. The second kappa shape index (κ2) is 7.11. The van der Waals surface area contributed by atoms with Gasteiger partial charge in [-0.1, -0.05) is 29.3 Å². The van der Waals surface area contributed by atoms with Crippen molar-refractivity contribution < 1.29 is 0 Å². The second-order valence-corrected chi connectivity index (χ2v) is 5.60. The molecule has 1 aromatic carbocycles. The number of rotatable bonds is 6. The minimum absolute atomic E-state index is 0.675. The number of aryl methyl sites for hydroxylation is 2. The maximum atomic E-state index is 6.15. The van der Waals surface area contributed by atoms with E-state index in [4.69, 9.17) is 23.2 Å². The van der Waals surface area contributed by atoms with Crippen LogP contribution in [0.1, 0.15) is 23.9 Å². The molecule has 0 bridgehead atoms. The lowest BCUT2D eigenvalue weighted by atomic mass is 10.1. The van der Waals surface area contributed by atoms with Crippen molar-refractivity contribution in [3.63, 3.8) is 0 Å². The van der Waals surface area contributed by atoms with Gasteiger partial charge in [0.05, 0.1) is 11.4 Å². The van der Waals surface area contributed by atoms with Crippen LogP contribution >= 0.6 is 23.2 Å². The van der Waals surface area contributed by atoms with E-state index in [9.17, 15) is 0 Å². The minimum atomic E-state index is 0.675. The van der Waals surface area contributed by atoms with Crippen LogP contribution in [-0.2, 0) is 19.5 Å². The molecule has 0 atom stereocenters. The number of nitrogens with one attached hydrogen (secondary N) is 1.